The van der Waals surface area contributed by atoms with E-state index in [1.165, 1.54) is 10.8 Å². The van der Waals surface area contributed by atoms with Crippen molar-refractivity contribution in [3.63, 3.8) is 0 Å². The van der Waals surface area contributed by atoms with Gasteiger partial charge in [0, 0.05) is 23.9 Å². The minimum atomic E-state index is 0.304. The van der Waals surface area contributed by atoms with Crippen LogP contribution in [0.2, 0.25) is 0 Å². The number of nitrogen functional groups attached to an aromatic ring is 1. The molecule has 0 unspecified atom stereocenters. The molecule has 0 aliphatic rings. The van der Waals surface area contributed by atoms with Crippen LogP contribution in [0.4, 0.5) is 5.82 Å². The van der Waals surface area contributed by atoms with E-state index in [1.54, 1.807) is 6.20 Å². The monoisotopic (exact) mass is 302 g/mol. The third kappa shape index (κ3) is 2.14. The molecular formula is C19H18N4. The standard InChI is InChI=1S/C19H18N4/c1-12(2)19-22-16(17-18(20)21-9-10-23(17)19)15-8-7-13-5-3-4-6-14(13)11-15/h3-12H,1-2H3,(H2,20,21). The first kappa shape index (κ1) is 13.8. The molecule has 4 heteroatoms. The summed E-state index contributed by atoms with van der Waals surface area (Å²) >= 11 is 0. The predicted octanol–water partition coefficient (Wildman–Crippen LogP) is 4.26. The van der Waals surface area contributed by atoms with E-state index >= 15 is 0 Å². The van der Waals surface area contributed by atoms with E-state index < -0.39 is 0 Å². The Morgan fingerprint density at radius 2 is 1.83 bits per heavy atom. The number of hydrogen-bond donors (Lipinski definition) is 1. The van der Waals surface area contributed by atoms with Crippen LogP contribution in [0.25, 0.3) is 27.5 Å². The molecule has 0 atom stereocenters. The van der Waals surface area contributed by atoms with Crippen molar-refractivity contribution >= 4 is 22.1 Å². The van der Waals surface area contributed by atoms with Gasteiger partial charge in [0.05, 0.1) is 0 Å². The van der Waals surface area contributed by atoms with Crippen molar-refractivity contribution < 1.29 is 0 Å². The highest BCUT2D eigenvalue weighted by molar-refractivity contribution is 5.92. The van der Waals surface area contributed by atoms with Gasteiger partial charge in [-0.15, -0.1) is 0 Å². The molecule has 4 nitrogen and oxygen atoms in total. The Bertz CT molecular complexity index is 1010. The number of imidazole rings is 1. The molecule has 2 aromatic carbocycles. The van der Waals surface area contributed by atoms with E-state index in [0.29, 0.717) is 11.7 Å². The molecule has 0 saturated heterocycles. The average Bonchev–Trinajstić information content (AvgIpc) is 2.96. The highest BCUT2D eigenvalue weighted by atomic mass is 15.1. The average molecular weight is 302 g/mol. The highest BCUT2D eigenvalue weighted by Crippen LogP contribution is 2.32. The van der Waals surface area contributed by atoms with Crippen molar-refractivity contribution in [1.29, 1.82) is 0 Å². The number of hydrogen-bond acceptors (Lipinski definition) is 3. The zero-order valence-electron chi connectivity index (χ0n) is 13.2. The Morgan fingerprint density at radius 1 is 1.04 bits per heavy atom. The zero-order valence-corrected chi connectivity index (χ0v) is 13.2. The molecule has 23 heavy (non-hydrogen) atoms. The molecule has 0 saturated carbocycles. The maximum Gasteiger partial charge on any atom is 0.150 e. The van der Waals surface area contributed by atoms with Gasteiger partial charge in [-0.05, 0) is 16.8 Å². The fraction of sp³-hybridized carbons (Fsp3) is 0.158. The smallest absolute Gasteiger partial charge is 0.150 e. The molecule has 114 valence electrons. The topological polar surface area (TPSA) is 56.2 Å². The first-order chi connectivity index (χ1) is 11.1. The summed E-state index contributed by atoms with van der Waals surface area (Å²) in [5.74, 6) is 1.81. The van der Waals surface area contributed by atoms with Crippen molar-refractivity contribution in [1.82, 2.24) is 14.4 Å². The first-order valence-electron chi connectivity index (χ1n) is 7.77. The third-order valence-electron chi connectivity index (χ3n) is 4.15. The number of benzene rings is 2. The minimum Gasteiger partial charge on any atom is -0.382 e. The second-order valence-electron chi connectivity index (χ2n) is 6.07. The van der Waals surface area contributed by atoms with Crippen LogP contribution in [0.3, 0.4) is 0 Å². The number of rotatable bonds is 2. The van der Waals surface area contributed by atoms with E-state index in [4.69, 9.17) is 10.7 Å². The summed E-state index contributed by atoms with van der Waals surface area (Å²) in [5.41, 5.74) is 8.99. The van der Waals surface area contributed by atoms with E-state index in [0.717, 1.165) is 22.6 Å². The lowest BCUT2D eigenvalue weighted by Crippen LogP contribution is -1.99. The van der Waals surface area contributed by atoms with Crippen LogP contribution in [-0.2, 0) is 0 Å². The Morgan fingerprint density at radius 3 is 2.61 bits per heavy atom. The van der Waals surface area contributed by atoms with Crippen molar-refractivity contribution in [2.45, 2.75) is 19.8 Å². The summed E-state index contributed by atoms with van der Waals surface area (Å²) in [4.78, 5) is 9.12. The first-order valence-corrected chi connectivity index (χ1v) is 7.77. The maximum atomic E-state index is 6.15. The molecular weight excluding hydrogens is 284 g/mol. The Hall–Kier alpha value is -2.88. The quantitative estimate of drug-likeness (QED) is 0.602. The lowest BCUT2D eigenvalue weighted by atomic mass is 10.0. The van der Waals surface area contributed by atoms with Crippen molar-refractivity contribution in [3.05, 3.63) is 60.7 Å². The molecule has 0 radical (unpaired) electrons. The third-order valence-corrected chi connectivity index (χ3v) is 4.15. The largest absolute Gasteiger partial charge is 0.382 e. The van der Waals surface area contributed by atoms with Crippen LogP contribution < -0.4 is 5.73 Å². The van der Waals surface area contributed by atoms with Crippen molar-refractivity contribution in [3.8, 4) is 11.3 Å². The van der Waals surface area contributed by atoms with Crippen LogP contribution in [0.15, 0.2) is 54.9 Å². The maximum absolute atomic E-state index is 6.15. The molecule has 0 bridgehead atoms. The summed E-state index contributed by atoms with van der Waals surface area (Å²) in [6, 6.07) is 14.7. The molecule has 0 aliphatic heterocycles. The number of nitrogens with two attached hydrogens (primary N) is 1. The van der Waals surface area contributed by atoms with Gasteiger partial charge < -0.3 is 5.73 Å². The SMILES string of the molecule is CC(C)c1nc(-c2ccc3ccccc3c2)c2c(N)nccn12. The lowest BCUT2D eigenvalue weighted by molar-refractivity contribution is 0.770. The number of aromatic nitrogens is 3. The Kier molecular flexibility index (Phi) is 3.05. The fourth-order valence-corrected chi connectivity index (χ4v) is 3.03. The normalized spacial score (nSPS) is 11.6. The van der Waals surface area contributed by atoms with Gasteiger partial charge in [-0.2, -0.15) is 0 Å². The van der Waals surface area contributed by atoms with Gasteiger partial charge in [-0.1, -0.05) is 50.2 Å². The van der Waals surface area contributed by atoms with Gasteiger partial charge in [0.2, 0.25) is 0 Å². The van der Waals surface area contributed by atoms with E-state index in [1.807, 2.05) is 18.3 Å². The summed E-state index contributed by atoms with van der Waals surface area (Å²) in [7, 11) is 0. The molecule has 0 amide bonds. The summed E-state index contributed by atoms with van der Waals surface area (Å²) < 4.78 is 2.05. The van der Waals surface area contributed by atoms with E-state index in [-0.39, 0.29) is 0 Å². The molecule has 0 spiro atoms. The molecule has 0 fully saturated rings. The van der Waals surface area contributed by atoms with Crippen LogP contribution in [0, 0.1) is 0 Å². The number of anilines is 1. The van der Waals surface area contributed by atoms with Crippen LogP contribution >= 0.6 is 0 Å². The molecule has 2 N–H and O–H groups in total. The highest BCUT2D eigenvalue weighted by Gasteiger charge is 2.17. The van der Waals surface area contributed by atoms with Gasteiger partial charge in [-0.25, -0.2) is 9.97 Å². The van der Waals surface area contributed by atoms with Gasteiger partial charge >= 0.3 is 0 Å². The minimum absolute atomic E-state index is 0.304. The van der Waals surface area contributed by atoms with Crippen LogP contribution in [-0.4, -0.2) is 14.4 Å². The number of fused-ring (bicyclic) bond motifs is 2. The van der Waals surface area contributed by atoms with Gasteiger partial charge in [0.25, 0.3) is 0 Å². The Labute approximate surface area is 134 Å². The van der Waals surface area contributed by atoms with Gasteiger partial charge in [0.15, 0.2) is 0 Å². The van der Waals surface area contributed by atoms with Crippen LogP contribution in [0.1, 0.15) is 25.6 Å². The molecule has 4 rings (SSSR count). The van der Waals surface area contributed by atoms with Crippen molar-refractivity contribution in [2.24, 2.45) is 0 Å². The number of nitrogens with zero attached hydrogens (tertiary/aromatic N) is 3. The van der Waals surface area contributed by atoms with Crippen LogP contribution in [0.5, 0.6) is 0 Å². The second-order valence-corrected chi connectivity index (χ2v) is 6.07. The van der Waals surface area contributed by atoms with E-state index in [9.17, 15) is 0 Å². The summed E-state index contributed by atoms with van der Waals surface area (Å²) in [6.07, 6.45) is 3.65. The summed E-state index contributed by atoms with van der Waals surface area (Å²) in [6.45, 7) is 4.27. The van der Waals surface area contributed by atoms with Gasteiger partial charge in [0.1, 0.15) is 22.9 Å². The lowest BCUT2D eigenvalue weighted by Gasteiger charge is -2.04. The second kappa shape index (κ2) is 5.09. The fourth-order valence-electron chi connectivity index (χ4n) is 3.03. The Balaban J connectivity index is 2.03. The molecule has 2 heterocycles. The molecule has 4 aromatic rings. The van der Waals surface area contributed by atoms with Gasteiger partial charge in [-0.3, -0.25) is 4.40 Å². The predicted molar refractivity (Wildman–Crippen MR) is 94.4 cm³/mol. The molecule has 2 aromatic heterocycles. The van der Waals surface area contributed by atoms with Crippen molar-refractivity contribution in [2.75, 3.05) is 5.73 Å². The summed E-state index contributed by atoms with van der Waals surface area (Å²) in [5, 5.41) is 2.41. The van der Waals surface area contributed by atoms with E-state index in [2.05, 4.69) is 53.6 Å². The molecule has 0 aliphatic carbocycles. The zero-order chi connectivity index (χ0) is 16.0.